The maximum absolute atomic E-state index is 10.8. The summed E-state index contributed by atoms with van der Waals surface area (Å²) in [7, 11) is 0. The maximum atomic E-state index is 10.8. The molecule has 1 heterocycles. The third-order valence-electron chi connectivity index (χ3n) is 3.73. The molecule has 21 heavy (non-hydrogen) atoms. The first-order valence-corrected chi connectivity index (χ1v) is 7.68. The normalized spacial score (nSPS) is 16.9. The van der Waals surface area contributed by atoms with E-state index in [4.69, 9.17) is 5.73 Å². The van der Waals surface area contributed by atoms with E-state index < -0.39 is 6.03 Å². The van der Waals surface area contributed by atoms with Crippen molar-refractivity contribution in [1.29, 1.82) is 0 Å². The Morgan fingerprint density at radius 2 is 1.81 bits per heavy atom. The quantitative estimate of drug-likeness (QED) is 0.781. The van der Waals surface area contributed by atoms with E-state index in [-0.39, 0.29) is 0 Å². The Labute approximate surface area is 126 Å². The van der Waals surface area contributed by atoms with Crippen molar-refractivity contribution in [2.75, 3.05) is 30.3 Å². The van der Waals surface area contributed by atoms with Gasteiger partial charge in [0.25, 0.3) is 0 Å². The van der Waals surface area contributed by atoms with Gasteiger partial charge < -0.3 is 21.3 Å². The summed E-state index contributed by atoms with van der Waals surface area (Å²) in [6, 6.07) is 7.68. The lowest BCUT2D eigenvalue weighted by atomic mass is 10.0. The van der Waals surface area contributed by atoms with E-state index in [1.54, 1.807) is 0 Å². The van der Waals surface area contributed by atoms with Gasteiger partial charge in [-0.15, -0.1) is 0 Å². The van der Waals surface area contributed by atoms with Crippen LogP contribution < -0.4 is 16.4 Å². The van der Waals surface area contributed by atoms with E-state index >= 15 is 0 Å². The third-order valence-corrected chi connectivity index (χ3v) is 3.73. The zero-order valence-corrected chi connectivity index (χ0v) is 12.9. The van der Waals surface area contributed by atoms with Crippen molar-refractivity contribution < 1.29 is 4.79 Å². The highest BCUT2D eigenvalue weighted by Crippen LogP contribution is 2.19. The first-order chi connectivity index (χ1) is 10.0. The van der Waals surface area contributed by atoms with Crippen molar-refractivity contribution in [1.82, 2.24) is 4.90 Å². The summed E-state index contributed by atoms with van der Waals surface area (Å²) < 4.78 is 0. The zero-order chi connectivity index (χ0) is 15.2. The standard InChI is InChI=1S/C16H26N4O/c1-12(2)11-20-9-7-15(8-10-20)18-13-3-5-14(6-4-13)19-16(17)21/h3-6,12,15,18H,7-11H2,1-2H3,(H3,17,19,21). The molecule has 0 aromatic heterocycles. The van der Waals surface area contributed by atoms with Gasteiger partial charge in [-0.25, -0.2) is 4.79 Å². The van der Waals surface area contributed by atoms with Crippen LogP contribution in [0.5, 0.6) is 0 Å². The predicted octanol–water partition coefficient (Wildman–Crippen LogP) is 2.71. The fraction of sp³-hybridized carbons (Fsp3) is 0.562. The number of urea groups is 1. The fourth-order valence-electron chi connectivity index (χ4n) is 2.80. The highest BCUT2D eigenvalue weighted by Gasteiger charge is 2.19. The minimum atomic E-state index is -0.534. The van der Waals surface area contributed by atoms with E-state index in [9.17, 15) is 4.79 Å². The Balaban J connectivity index is 1.79. The molecule has 5 nitrogen and oxygen atoms in total. The van der Waals surface area contributed by atoms with Crippen molar-refractivity contribution in [3.8, 4) is 0 Å². The highest BCUT2D eigenvalue weighted by atomic mass is 16.2. The lowest BCUT2D eigenvalue weighted by molar-refractivity contribution is 0.198. The van der Waals surface area contributed by atoms with E-state index in [1.165, 1.54) is 19.4 Å². The van der Waals surface area contributed by atoms with Crippen molar-refractivity contribution in [3.05, 3.63) is 24.3 Å². The molecular weight excluding hydrogens is 264 g/mol. The number of nitrogens with one attached hydrogen (secondary N) is 2. The molecule has 2 amide bonds. The molecule has 1 aromatic carbocycles. The summed E-state index contributed by atoms with van der Waals surface area (Å²) in [5, 5.41) is 6.13. The fourth-order valence-corrected chi connectivity index (χ4v) is 2.80. The Morgan fingerprint density at radius 3 is 2.33 bits per heavy atom. The average Bonchev–Trinajstić information content (AvgIpc) is 2.42. The third kappa shape index (κ3) is 5.27. The van der Waals surface area contributed by atoms with Gasteiger partial charge in [0, 0.05) is 37.1 Å². The van der Waals surface area contributed by atoms with Gasteiger partial charge in [0.15, 0.2) is 0 Å². The van der Waals surface area contributed by atoms with Gasteiger partial charge in [-0.3, -0.25) is 0 Å². The van der Waals surface area contributed by atoms with E-state index in [0.29, 0.717) is 6.04 Å². The first-order valence-electron chi connectivity index (χ1n) is 7.68. The minimum Gasteiger partial charge on any atom is -0.382 e. The van der Waals surface area contributed by atoms with Gasteiger partial charge in [0.2, 0.25) is 0 Å². The summed E-state index contributed by atoms with van der Waals surface area (Å²) in [6.07, 6.45) is 2.35. The molecule has 5 heteroatoms. The molecule has 0 atom stereocenters. The molecule has 2 rings (SSSR count). The van der Waals surface area contributed by atoms with Crippen molar-refractivity contribution >= 4 is 17.4 Å². The number of carbonyl (C=O) groups is 1. The van der Waals surface area contributed by atoms with Crippen LogP contribution in [0.15, 0.2) is 24.3 Å². The van der Waals surface area contributed by atoms with Gasteiger partial charge in [-0.2, -0.15) is 0 Å². The minimum absolute atomic E-state index is 0.531. The van der Waals surface area contributed by atoms with Gasteiger partial charge in [0.1, 0.15) is 0 Å². The highest BCUT2D eigenvalue weighted by molar-refractivity contribution is 5.87. The SMILES string of the molecule is CC(C)CN1CCC(Nc2ccc(NC(N)=O)cc2)CC1. The number of hydrogen-bond acceptors (Lipinski definition) is 3. The average molecular weight is 290 g/mol. The van der Waals surface area contributed by atoms with Crippen LogP contribution in [-0.4, -0.2) is 36.6 Å². The lowest BCUT2D eigenvalue weighted by Gasteiger charge is -2.33. The summed E-state index contributed by atoms with van der Waals surface area (Å²) >= 11 is 0. The van der Waals surface area contributed by atoms with Crippen LogP contribution in [0.3, 0.4) is 0 Å². The second kappa shape index (κ2) is 7.31. The van der Waals surface area contributed by atoms with Crippen LogP contribution in [-0.2, 0) is 0 Å². The zero-order valence-electron chi connectivity index (χ0n) is 12.9. The molecule has 1 saturated heterocycles. The molecule has 116 valence electrons. The monoisotopic (exact) mass is 290 g/mol. The molecule has 1 aromatic rings. The summed E-state index contributed by atoms with van der Waals surface area (Å²) in [5.41, 5.74) is 6.90. The Kier molecular flexibility index (Phi) is 5.44. The number of amides is 2. The van der Waals surface area contributed by atoms with E-state index in [1.807, 2.05) is 24.3 Å². The molecular formula is C16H26N4O. The van der Waals surface area contributed by atoms with Crippen LogP contribution in [0.25, 0.3) is 0 Å². The number of benzene rings is 1. The molecule has 1 aliphatic rings. The second-order valence-corrected chi connectivity index (χ2v) is 6.18. The van der Waals surface area contributed by atoms with E-state index in [2.05, 4.69) is 29.4 Å². The summed E-state index contributed by atoms with van der Waals surface area (Å²) in [6.45, 7) is 8.06. The van der Waals surface area contributed by atoms with Crippen LogP contribution in [0.4, 0.5) is 16.2 Å². The number of rotatable bonds is 5. The Bertz CT molecular complexity index is 450. The smallest absolute Gasteiger partial charge is 0.316 e. The largest absolute Gasteiger partial charge is 0.382 e. The summed E-state index contributed by atoms with van der Waals surface area (Å²) in [5.74, 6) is 0.736. The molecule has 0 aliphatic carbocycles. The topological polar surface area (TPSA) is 70.4 Å². The number of carbonyl (C=O) groups excluding carboxylic acids is 1. The number of hydrogen-bond donors (Lipinski definition) is 3. The maximum Gasteiger partial charge on any atom is 0.316 e. The molecule has 0 bridgehead atoms. The molecule has 4 N–H and O–H groups in total. The molecule has 0 unspecified atom stereocenters. The molecule has 1 aliphatic heterocycles. The number of likely N-dealkylation sites (tertiary alicyclic amines) is 1. The molecule has 0 radical (unpaired) electrons. The number of nitrogens with zero attached hydrogens (tertiary/aromatic N) is 1. The van der Waals surface area contributed by atoms with Gasteiger partial charge >= 0.3 is 6.03 Å². The number of piperidine rings is 1. The van der Waals surface area contributed by atoms with Gasteiger partial charge in [-0.05, 0) is 43.0 Å². The van der Waals surface area contributed by atoms with Gasteiger partial charge in [0.05, 0.1) is 0 Å². The second-order valence-electron chi connectivity index (χ2n) is 6.18. The first kappa shape index (κ1) is 15.6. The van der Waals surface area contributed by atoms with Crippen LogP contribution in [0, 0.1) is 5.92 Å². The molecule has 0 saturated carbocycles. The van der Waals surface area contributed by atoms with Crippen LogP contribution in [0.2, 0.25) is 0 Å². The molecule has 1 fully saturated rings. The Morgan fingerprint density at radius 1 is 1.24 bits per heavy atom. The van der Waals surface area contributed by atoms with Crippen LogP contribution >= 0.6 is 0 Å². The number of nitrogens with two attached hydrogens (primary N) is 1. The lowest BCUT2D eigenvalue weighted by Crippen LogP contribution is -2.40. The van der Waals surface area contributed by atoms with Gasteiger partial charge in [-0.1, -0.05) is 13.8 Å². The number of primary amides is 1. The van der Waals surface area contributed by atoms with Crippen molar-refractivity contribution in [2.45, 2.75) is 32.7 Å². The number of anilines is 2. The summed E-state index contributed by atoms with van der Waals surface area (Å²) in [4.78, 5) is 13.3. The van der Waals surface area contributed by atoms with Crippen molar-refractivity contribution in [3.63, 3.8) is 0 Å². The van der Waals surface area contributed by atoms with E-state index in [0.717, 1.165) is 30.4 Å². The van der Waals surface area contributed by atoms with Crippen LogP contribution in [0.1, 0.15) is 26.7 Å². The van der Waals surface area contributed by atoms with Crippen molar-refractivity contribution in [2.24, 2.45) is 11.7 Å². The molecule has 0 spiro atoms. The Hall–Kier alpha value is -1.75. The predicted molar refractivity (Wildman–Crippen MR) is 87.6 cm³/mol.